The minimum absolute atomic E-state index is 0.316. The second-order valence-corrected chi connectivity index (χ2v) is 2.91. The van der Waals surface area contributed by atoms with Crippen LogP contribution in [0, 0.1) is 0 Å². The van der Waals surface area contributed by atoms with Gasteiger partial charge in [0.1, 0.15) is 5.15 Å². The Balaban J connectivity index is 3.45. The van der Waals surface area contributed by atoms with Gasteiger partial charge in [0.15, 0.2) is 11.4 Å². The molecule has 0 saturated carbocycles. The number of carbonyl (C=O) groups is 1. The predicted octanol–water partition coefficient (Wildman–Crippen LogP) is 2.38. The summed E-state index contributed by atoms with van der Waals surface area (Å²) in [6.07, 6.45) is -2.88. The van der Waals surface area contributed by atoms with E-state index in [1.165, 1.54) is 0 Å². The van der Waals surface area contributed by atoms with Gasteiger partial charge in [-0.1, -0.05) is 11.6 Å². The molecular weight excluding hydrogens is 232 g/mol. The maximum atomic E-state index is 12.5. The summed E-state index contributed by atoms with van der Waals surface area (Å²) in [6.45, 7) is 0. The Morgan fingerprint density at radius 1 is 1.67 bits per heavy atom. The van der Waals surface area contributed by atoms with Crippen LogP contribution in [-0.4, -0.2) is 23.2 Å². The van der Waals surface area contributed by atoms with Gasteiger partial charge < -0.3 is 9.84 Å². The highest BCUT2D eigenvalue weighted by Gasteiger charge is 2.23. The average Bonchev–Trinajstić information content (AvgIpc) is 2.16. The van der Waals surface area contributed by atoms with Crippen molar-refractivity contribution >= 4 is 17.6 Å². The SMILES string of the molecule is COc1c(C(F)F)cc(Cl)nc1C(=O)O. The molecule has 0 spiro atoms. The van der Waals surface area contributed by atoms with E-state index in [9.17, 15) is 13.6 Å². The molecule has 0 bridgehead atoms. The average molecular weight is 238 g/mol. The molecule has 1 rings (SSSR count). The molecule has 0 unspecified atom stereocenters. The highest BCUT2D eigenvalue weighted by atomic mass is 35.5. The van der Waals surface area contributed by atoms with Crippen molar-refractivity contribution < 1.29 is 23.4 Å². The Kier molecular flexibility index (Phi) is 3.41. The van der Waals surface area contributed by atoms with Crippen LogP contribution in [0.2, 0.25) is 5.15 Å². The lowest BCUT2D eigenvalue weighted by Crippen LogP contribution is -2.07. The zero-order valence-corrected chi connectivity index (χ0v) is 8.26. The molecule has 0 saturated heterocycles. The van der Waals surface area contributed by atoms with Gasteiger partial charge in [-0.2, -0.15) is 0 Å². The van der Waals surface area contributed by atoms with Gasteiger partial charge in [-0.15, -0.1) is 0 Å². The summed E-state index contributed by atoms with van der Waals surface area (Å²) >= 11 is 5.40. The molecule has 0 aliphatic rings. The van der Waals surface area contributed by atoms with Crippen LogP contribution in [0.5, 0.6) is 5.75 Å². The van der Waals surface area contributed by atoms with Gasteiger partial charge >= 0.3 is 5.97 Å². The third-order valence-corrected chi connectivity index (χ3v) is 1.81. The summed E-state index contributed by atoms with van der Waals surface area (Å²) in [5, 5.41) is 8.37. The number of halogens is 3. The van der Waals surface area contributed by atoms with Gasteiger partial charge in [0.2, 0.25) is 0 Å². The molecule has 0 radical (unpaired) electrons. The predicted molar refractivity (Wildman–Crippen MR) is 47.7 cm³/mol. The minimum atomic E-state index is -2.88. The molecule has 1 N–H and O–H groups in total. The number of alkyl halides is 2. The maximum Gasteiger partial charge on any atom is 0.358 e. The molecule has 4 nitrogen and oxygen atoms in total. The quantitative estimate of drug-likeness (QED) is 0.820. The smallest absolute Gasteiger partial charge is 0.358 e. The number of aromatic nitrogens is 1. The van der Waals surface area contributed by atoms with E-state index < -0.39 is 29.4 Å². The van der Waals surface area contributed by atoms with E-state index in [-0.39, 0.29) is 5.15 Å². The highest BCUT2D eigenvalue weighted by Crippen LogP contribution is 2.32. The number of pyridine rings is 1. The number of ether oxygens (including phenoxy) is 1. The van der Waals surface area contributed by atoms with Gasteiger partial charge in [-0.3, -0.25) is 0 Å². The number of methoxy groups -OCH3 is 1. The van der Waals surface area contributed by atoms with Crippen molar-refractivity contribution in [3.63, 3.8) is 0 Å². The third kappa shape index (κ3) is 2.33. The summed E-state index contributed by atoms with van der Waals surface area (Å²) in [5.41, 5.74) is -1.21. The van der Waals surface area contributed by atoms with Crippen molar-refractivity contribution in [3.8, 4) is 5.75 Å². The monoisotopic (exact) mass is 237 g/mol. The molecule has 82 valence electrons. The van der Waals surface area contributed by atoms with E-state index in [2.05, 4.69) is 9.72 Å². The van der Waals surface area contributed by atoms with Crippen LogP contribution >= 0.6 is 11.6 Å². The van der Waals surface area contributed by atoms with E-state index in [0.29, 0.717) is 0 Å². The lowest BCUT2D eigenvalue weighted by molar-refractivity contribution is 0.0685. The third-order valence-electron chi connectivity index (χ3n) is 1.61. The fourth-order valence-electron chi connectivity index (χ4n) is 1.04. The second-order valence-electron chi connectivity index (χ2n) is 2.52. The zero-order chi connectivity index (χ0) is 11.6. The van der Waals surface area contributed by atoms with Gasteiger partial charge in [0.25, 0.3) is 6.43 Å². The van der Waals surface area contributed by atoms with Crippen molar-refractivity contribution in [2.75, 3.05) is 7.11 Å². The van der Waals surface area contributed by atoms with Gasteiger partial charge in [-0.05, 0) is 6.07 Å². The summed E-state index contributed by atoms with van der Waals surface area (Å²) < 4.78 is 29.5. The molecule has 7 heteroatoms. The number of hydrogen-bond donors (Lipinski definition) is 1. The van der Waals surface area contributed by atoms with Crippen molar-refractivity contribution in [3.05, 3.63) is 22.5 Å². The lowest BCUT2D eigenvalue weighted by atomic mass is 10.2. The molecule has 0 fully saturated rings. The molecule has 15 heavy (non-hydrogen) atoms. The number of nitrogens with zero attached hydrogens (tertiary/aromatic N) is 1. The molecule has 1 aromatic rings. The van der Waals surface area contributed by atoms with Crippen LogP contribution in [0.25, 0.3) is 0 Å². The molecule has 0 aliphatic carbocycles. The Labute approximate surface area is 88.4 Å². The van der Waals surface area contributed by atoms with Crippen molar-refractivity contribution in [1.29, 1.82) is 0 Å². The first-order valence-corrected chi connectivity index (χ1v) is 4.11. The van der Waals surface area contributed by atoms with E-state index >= 15 is 0 Å². The normalized spacial score (nSPS) is 10.5. The topological polar surface area (TPSA) is 59.4 Å². The van der Waals surface area contributed by atoms with Crippen molar-refractivity contribution in [1.82, 2.24) is 4.98 Å². The van der Waals surface area contributed by atoms with Gasteiger partial charge in [0, 0.05) is 0 Å². The van der Waals surface area contributed by atoms with Crippen LogP contribution in [0.1, 0.15) is 22.5 Å². The van der Waals surface area contributed by atoms with E-state index in [0.717, 1.165) is 13.2 Å². The largest absolute Gasteiger partial charge is 0.494 e. The van der Waals surface area contributed by atoms with Gasteiger partial charge in [0.05, 0.1) is 12.7 Å². The highest BCUT2D eigenvalue weighted by molar-refractivity contribution is 6.29. The zero-order valence-electron chi connectivity index (χ0n) is 7.50. The van der Waals surface area contributed by atoms with Gasteiger partial charge in [-0.25, -0.2) is 18.6 Å². The fraction of sp³-hybridized carbons (Fsp3) is 0.250. The molecule has 1 heterocycles. The van der Waals surface area contributed by atoms with E-state index in [1.807, 2.05) is 0 Å². The summed E-state index contributed by atoms with van der Waals surface area (Å²) in [5.74, 6) is -1.95. The number of aromatic carboxylic acids is 1. The van der Waals surface area contributed by atoms with Crippen LogP contribution in [0.15, 0.2) is 6.07 Å². The van der Waals surface area contributed by atoms with Crippen LogP contribution < -0.4 is 4.74 Å². The van der Waals surface area contributed by atoms with E-state index in [4.69, 9.17) is 16.7 Å². The summed E-state index contributed by atoms with van der Waals surface area (Å²) in [4.78, 5) is 14.1. The summed E-state index contributed by atoms with van der Waals surface area (Å²) in [7, 11) is 1.09. The molecular formula is C8H6ClF2NO3. The Hall–Kier alpha value is -1.43. The maximum absolute atomic E-state index is 12.5. The summed E-state index contributed by atoms with van der Waals surface area (Å²) in [6, 6.07) is 0.873. The minimum Gasteiger partial charge on any atom is -0.494 e. The van der Waals surface area contributed by atoms with Crippen LogP contribution in [0.3, 0.4) is 0 Å². The number of carboxylic acid groups (broad SMARTS) is 1. The van der Waals surface area contributed by atoms with Crippen LogP contribution in [0.4, 0.5) is 8.78 Å². The standard InChI is InChI=1S/C8H6ClF2NO3/c1-15-6-3(7(10)11)2-4(9)12-5(6)8(13)14/h2,7H,1H3,(H,13,14). The Morgan fingerprint density at radius 3 is 2.67 bits per heavy atom. The number of hydrogen-bond acceptors (Lipinski definition) is 3. The fourth-order valence-corrected chi connectivity index (χ4v) is 1.24. The molecule has 0 amide bonds. The molecule has 1 aromatic heterocycles. The number of carboxylic acids is 1. The molecule has 0 aromatic carbocycles. The number of rotatable bonds is 3. The first-order valence-electron chi connectivity index (χ1n) is 3.73. The second kappa shape index (κ2) is 4.39. The van der Waals surface area contributed by atoms with Crippen LogP contribution in [-0.2, 0) is 0 Å². The Morgan fingerprint density at radius 2 is 2.27 bits per heavy atom. The molecule has 0 aliphatic heterocycles. The van der Waals surface area contributed by atoms with E-state index in [1.54, 1.807) is 0 Å². The first kappa shape index (κ1) is 11.6. The Bertz CT molecular complexity index is 398. The van der Waals surface area contributed by atoms with Crippen molar-refractivity contribution in [2.45, 2.75) is 6.43 Å². The molecule has 0 atom stereocenters. The first-order chi connectivity index (χ1) is 6.97. The van der Waals surface area contributed by atoms with Crippen molar-refractivity contribution in [2.24, 2.45) is 0 Å². The lowest BCUT2D eigenvalue weighted by Gasteiger charge is -2.10.